The molecule has 0 bridgehead atoms. The molecular weight excluding hydrogens is 294 g/mol. The predicted octanol–water partition coefficient (Wildman–Crippen LogP) is 3.75. The highest BCUT2D eigenvalue weighted by atomic mass is 16.5. The molecule has 3 rings (SSSR count). The second-order valence-corrected chi connectivity index (χ2v) is 4.71. The molecule has 1 amide bonds. The van der Waals surface area contributed by atoms with Crippen molar-refractivity contribution in [1.82, 2.24) is 0 Å². The zero-order valence-electron chi connectivity index (χ0n) is 12.1. The summed E-state index contributed by atoms with van der Waals surface area (Å²) in [6.45, 7) is 0. The van der Waals surface area contributed by atoms with E-state index < -0.39 is 5.97 Å². The lowest BCUT2D eigenvalue weighted by atomic mass is 10.2. The number of benzene rings is 2. The normalized spacial score (nSPS) is 10.1. The number of hydrogen-bond donors (Lipinski definition) is 1. The summed E-state index contributed by atoms with van der Waals surface area (Å²) in [7, 11) is 0. The SMILES string of the molecule is O=C(Nc1ccccc1)c1ccc(OC(=O)c2ccco2)cc1. The summed E-state index contributed by atoms with van der Waals surface area (Å²) >= 11 is 0. The molecular formula is C18H13NO4. The fourth-order valence-corrected chi connectivity index (χ4v) is 1.95. The number of carbonyl (C=O) groups excluding carboxylic acids is 2. The number of hydrogen-bond acceptors (Lipinski definition) is 4. The van der Waals surface area contributed by atoms with Gasteiger partial charge in [0.15, 0.2) is 0 Å². The van der Waals surface area contributed by atoms with Crippen LogP contribution >= 0.6 is 0 Å². The van der Waals surface area contributed by atoms with Gasteiger partial charge in [0.25, 0.3) is 5.91 Å². The number of anilines is 1. The largest absolute Gasteiger partial charge is 0.457 e. The van der Waals surface area contributed by atoms with E-state index in [-0.39, 0.29) is 11.7 Å². The van der Waals surface area contributed by atoms with Crippen LogP contribution in [0.3, 0.4) is 0 Å². The number of nitrogens with one attached hydrogen (secondary N) is 1. The van der Waals surface area contributed by atoms with Crippen LogP contribution in [-0.4, -0.2) is 11.9 Å². The third kappa shape index (κ3) is 3.65. The van der Waals surface area contributed by atoms with Gasteiger partial charge in [-0.3, -0.25) is 4.79 Å². The van der Waals surface area contributed by atoms with Crippen LogP contribution in [0.15, 0.2) is 77.4 Å². The van der Waals surface area contributed by atoms with Crippen LogP contribution in [0.25, 0.3) is 0 Å². The summed E-state index contributed by atoms with van der Waals surface area (Å²) < 4.78 is 10.1. The van der Waals surface area contributed by atoms with E-state index in [0.717, 1.165) is 0 Å². The van der Waals surface area contributed by atoms with Crippen molar-refractivity contribution in [1.29, 1.82) is 0 Å². The summed E-state index contributed by atoms with van der Waals surface area (Å²) in [5, 5.41) is 2.78. The Labute approximate surface area is 132 Å². The van der Waals surface area contributed by atoms with Gasteiger partial charge in [0, 0.05) is 11.3 Å². The quantitative estimate of drug-likeness (QED) is 0.588. The Morgan fingerprint density at radius 2 is 1.61 bits per heavy atom. The number of carbonyl (C=O) groups is 2. The maximum Gasteiger partial charge on any atom is 0.379 e. The monoisotopic (exact) mass is 307 g/mol. The van der Waals surface area contributed by atoms with Gasteiger partial charge in [-0.25, -0.2) is 4.79 Å². The van der Waals surface area contributed by atoms with E-state index in [9.17, 15) is 9.59 Å². The molecule has 0 radical (unpaired) electrons. The topological polar surface area (TPSA) is 68.5 Å². The molecule has 0 atom stereocenters. The minimum absolute atomic E-state index is 0.121. The molecule has 114 valence electrons. The Morgan fingerprint density at radius 3 is 2.26 bits per heavy atom. The van der Waals surface area contributed by atoms with Crippen molar-refractivity contribution in [2.75, 3.05) is 5.32 Å². The van der Waals surface area contributed by atoms with Crippen molar-refractivity contribution < 1.29 is 18.7 Å². The molecule has 5 heteroatoms. The number of rotatable bonds is 4. The maximum absolute atomic E-state index is 12.1. The number of furan rings is 1. The fourth-order valence-electron chi connectivity index (χ4n) is 1.95. The lowest BCUT2D eigenvalue weighted by Crippen LogP contribution is -2.12. The molecule has 0 aliphatic rings. The molecule has 0 spiro atoms. The van der Waals surface area contributed by atoms with Crippen LogP contribution in [-0.2, 0) is 0 Å². The molecule has 5 nitrogen and oxygen atoms in total. The molecule has 1 aromatic heterocycles. The lowest BCUT2D eigenvalue weighted by molar-refractivity contribution is 0.0701. The van der Waals surface area contributed by atoms with Crippen LogP contribution in [0.4, 0.5) is 5.69 Å². The zero-order valence-corrected chi connectivity index (χ0v) is 12.1. The van der Waals surface area contributed by atoms with E-state index in [0.29, 0.717) is 17.0 Å². The molecule has 2 aromatic carbocycles. The number of para-hydroxylation sites is 1. The molecule has 1 N–H and O–H groups in total. The maximum atomic E-state index is 12.1. The highest BCUT2D eigenvalue weighted by Gasteiger charge is 2.12. The van der Waals surface area contributed by atoms with E-state index in [1.165, 1.54) is 12.3 Å². The van der Waals surface area contributed by atoms with E-state index in [1.807, 2.05) is 18.2 Å². The fraction of sp³-hybridized carbons (Fsp3) is 0. The summed E-state index contributed by atoms with van der Waals surface area (Å²) in [6.07, 6.45) is 1.40. The highest BCUT2D eigenvalue weighted by molar-refractivity contribution is 6.04. The Hall–Kier alpha value is -3.34. The van der Waals surface area contributed by atoms with Crippen molar-refractivity contribution in [2.24, 2.45) is 0 Å². The van der Waals surface area contributed by atoms with Gasteiger partial charge in [-0.1, -0.05) is 18.2 Å². The van der Waals surface area contributed by atoms with Gasteiger partial charge in [-0.2, -0.15) is 0 Å². The third-order valence-corrected chi connectivity index (χ3v) is 3.08. The van der Waals surface area contributed by atoms with Gasteiger partial charge < -0.3 is 14.5 Å². The Bertz CT molecular complexity index is 793. The molecule has 0 fully saturated rings. The van der Waals surface area contributed by atoms with Gasteiger partial charge in [-0.05, 0) is 48.5 Å². The predicted molar refractivity (Wildman–Crippen MR) is 84.5 cm³/mol. The summed E-state index contributed by atoms with van der Waals surface area (Å²) in [5.74, 6) is -0.366. The first-order valence-electron chi connectivity index (χ1n) is 6.94. The minimum Gasteiger partial charge on any atom is -0.457 e. The van der Waals surface area contributed by atoms with Crippen LogP contribution < -0.4 is 10.1 Å². The summed E-state index contributed by atoms with van der Waals surface area (Å²) in [6, 6.07) is 18.6. The molecule has 3 aromatic rings. The third-order valence-electron chi connectivity index (χ3n) is 3.08. The Balaban J connectivity index is 1.65. The standard InChI is InChI=1S/C18H13NO4/c20-17(19-14-5-2-1-3-6-14)13-8-10-15(11-9-13)23-18(21)16-7-4-12-22-16/h1-12H,(H,19,20). The van der Waals surface area contributed by atoms with Crippen LogP contribution in [0, 0.1) is 0 Å². The van der Waals surface area contributed by atoms with E-state index in [1.54, 1.807) is 42.5 Å². The second-order valence-electron chi connectivity index (χ2n) is 4.71. The number of esters is 1. The van der Waals surface area contributed by atoms with E-state index in [4.69, 9.17) is 9.15 Å². The van der Waals surface area contributed by atoms with E-state index in [2.05, 4.69) is 5.32 Å². The summed E-state index contributed by atoms with van der Waals surface area (Å²) in [5.41, 5.74) is 1.18. The van der Waals surface area contributed by atoms with Gasteiger partial charge in [0.1, 0.15) is 5.75 Å². The molecule has 0 aliphatic heterocycles. The van der Waals surface area contributed by atoms with Crippen LogP contribution in [0.2, 0.25) is 0 Å². The molecule has 23 heavy (non-hydrogen) atoms. The van der Waals surface area contributed by atoms with Crippen molar-refractivity contribution >= 4 is 17.6 Å². The van der Waals surface area contributed by atoms with Gasteiger partial charge in [0.2, 0.25) is 5.76 Å². The average molecular weight is 307 g/mol. The smallest absolute Gasteiger partial charge is 0.379 e. The first kappa shape index (κ1) is 14.6. The van der Waals surface area contributed by atoms with Gasteiger partial charge in [-0.15, -0.1) is 0 Å². The second kappa shape index (κ2) is 6.62. The van der Waals surface area contributed by atoms with E-state index >= 15 is 0 Å². The lowest BCUT2D eigenvalue weighted by Gasteiger charge is -2.06. The van der Waals surface area contributed by atoms with Crippen molar-refractivity contribution in [2.45, 2.75) is 0 Å². The molecule has 0 saturated carbocycles. The van der Waals surface area contributed by atoms with Crippen molar-refractivity contribution in [3.05, 3.63) is 84.3 Å². The zero-order chi connectivity index (χ0) is 16.1. The number of amides is 1. The highest BCUT2D eigenvalue weighted by Crippen LogP contribution is 2.16. The first-order valence-corrected chi connectivity index (χ1v) is 6.94. The molecule has 0 unspecified atom stereocenters. The number of ether oxygens (including phenoxy) is 1. The first-order chi connectivity index (χ1) is 11.2. The average Bonchev–Trinajstić information content (AvgIpc) is 3.11. The van der Waals surface area contributed by atoms with Crippen molar-refractivity contribution in [3.63, 3.8) is 0 Å². The molecule has 1 heterocycles. The van der Waals surface area contributed by atoms with Gasteiger partial charge in [0.05, 0.1) is 6.26 Å². The Kier molecular flexibility index (Phi) is 4.20. The van der Waals surface area contributed by atoms with Crippen LogP contribution in [0.5, 0.6) is 5.75 Å². The van der Waals surface area contributed by atoms with Crippen molar-refractivity contribution in [3.8, 4) is 5.75 Å². The van der Waals surface area contributed by atoms with Gasteiger partial charge >= 0.3 is 5.97 Å². The Morgan fingerprint density at radius 1 is 0.870 bits per heavy atom. The molecule has 0 aliphatic carbocycles. The minimum atomic E-state index is -0.587. The van der Waals surface area contributed by atoms with Crippen LogP contribution in [0.1, 0.15) is 20.9 Å². The summed E-state index contributed by atoms with van der Waals surface area (Å²) in [4.78, 5) is 23.8. The molecule has 0 saturated heterocycles.